The van der Waals surface area contributed by atoms with Crippen LogP contribution in [0.15, 0.2) is 24.3 Å². The number of rotatable bonds is 5. The fourth-order valence-corrected chi connectivity index (χ4v) is 3.94. The molecule has 1 heterocycles. The maximum atomic E-state index is 12.0. The van der Waals surface area contributed by atoms with Crippen molar-refractivity contribution >= 4 is 39.7 Å². The van der Waals surface area contributed by atoms with Gasteiger partial charge < -0.3 is 11.1 Å². The molecule has 0 radical (unpaired) electrons. The van der Waals surface area contributed by atoms with Gasteiger partial charge in [0.25, 0.3) is 0 Å². The van der Waals surface area contributed by atoms with E-state index in [1.165, 1.54) is 4.31 Å². The highest BCUT2D eigenvalue weighted by molar-refractivity contribution is 7.93. The number of anilines is 2. The van der Waals surface area contributed by atoms with Crippen LogP contribution in [0.3, 0.4) is 0 Å². The van der Waals surface area contributed by atoms with Gasteiger partial charge in [-0.3, -0.25) is 9.10 Å². The van der Waals surface area contributed by atoms with Crippen LogP contribution in [0, 0.1) is 5.92 Å². The van der Waals surface area contributed by atoms with E-state index in [2.05, 4.69) is 5.32 Å². The number of carbonyl (C=O) groups is 1. The van der Waals surface area contributed by atoms with Gasteiger partial charge in [0.05, 0.1) is 17.5 Å². The molecule has 3 N–H and O–H groups in total. The molecule has 130 valence electrons. The van der Waals surface area contributed by atoms with Crippen LogP contribution in [0.2, 0.25) is 0 Å². The SMILES string of the molecule is CCC(C)C(N)C(=O)Nc1ccc(N2CCCS2(=O)=O)cc1.Cl. The van der Waals surface area contributed by atoms with E-state index in [0.29, 0.717) is 24.3 Å². The van der Waals surface area contributed by atoms with E-state index in [1.807, 2.05) is 13.8 Å². The van der Waals surface area contributed by atoms with Gasteiger partial charge in [-0.1, -0.05) is 20.3 Å². The van der Waals surface area contributed by atoms with Crippen LogP contribution in [0.4, 0.5) is 11.4 Å². The lowest BCUT2D eigenvalue weighted by molar-refractivity contribution is -0.118. The minimum absolute atomic E-state index is 0. The first-order valence-electron chi connectivity index (χ1n) is 7.52. The monoisotopic (exact) mass is 361 g/mol. The first kappa shape index (κ1) is 19.7. The number of nitrogens with one attached hydrogen (secondary N) is 1. The Kier molecular flexibility index (Phi) is 6.85. The lowest BCUT2D eigenvalue weighted by Crippen LogP contribution is -2.40. The molecule has 23 heavy (non-hydrogen) atoms. The Labute approximate surface area is 143 Å². The lowest BCUT2D eigenvalue weighted by atomic mass is 9.99. The van der Waals surface area contributed by atoms with Crippen molar-refractivity contribution in [3.63, 3.8) is 0 Å². The Hall–Kier alpha value is -1.31. The number of carbonyl (C=O) groups excluding carboxylic acids is 1. The molecule has 2 atom stereocenters. The van der Waals surface area contributed by atoms with Crippen LogP contribution in [0.1, 0.15) is 26.7 Å². The molecule has 0 aliphatic carbocycles. The molecule has 1 fully saturated rings. The second kappa shape index (κ2) is 7.99. The van der Waals surface area contributed by atoms with Gasteiger partial charge in [0.15, 0.2) is 0 Å². The molecule has 0 saturated carbocycles. The fourth-order valence-electron chi connectivity index (χ4n) is 2.38. The van der Waals surface area contributed by atoms with Crippen molar-refractivity contribution in [3.05, 3.63) is 24.3 Å². The Morgan fingerprint density at radius 3 is 2.43 bits per heavy atom. The molecule has 1 aliphatic rings. The van der Waals surface area contributed by atoms with E-state index in [-0.39, 0.29) is 30.0 Å². The molecule has 8 heteroatoms. The number of hydrogen-bond acceptors (Lipinski definition) is 4. The first-order valence-corrected chi connectivity index (χ1v) is 9.13. The molecular weight excluding hydrogens is 338 g/mol. The molecule has 1 aliphatic heterocycles. The van der Waals surface area contributed by atoms with Crippen LogP contribution in [-0.2, 0) is 14.8 Å². The molecule has 2 unspecified atom stereocenters. The van der Waals surface area contributed by atoms with E-state index in [1.54, 1.807) is 24.3 Å². The third kappa shape index (κ3) is 4.59. The average molecular weight is 362 g/mol. The predicted octanol–water partition coefficient (Wildman–Crippen LogP) is 1.96. The Morgan fingerprint density at radius 1 is 1.35 bits per heavy atom. The molecule has 6 nitrogen and oxygen atoms in total. The minimum Gasteiger partial charge on any atom is -0.325 e. The van der Waals surface area contributed by atoms with Crippen molar-refractivity contribution < 1.29 is 13.2 Å². The number of amides is 1. The second-order valence-electron chi connectivity index (χ2n) is 5.69. The third-order valence-corrected chi connectivity index (χ3v) is 5.95. The molecule has 1 aromatic rings. The molecule has 1 saturated heterocycles. The topological polar surface area (TPSA) is 92.5 Å². The summed E-state index contributed by atoms with van der Waals surface area (Å²) in [5.74, 6) is 0.0693. The summed E-state index contributed by atoms with van der Waals surface area (Å²) in [4.78, 5) is 12.0. The summed E-state index contributed by atoms with van der Waals surface area (Å²) in [6.45, 7) is 4.43. The number of benzene rings is 1. The zero-order valence-electron chi connectivity index (χ0n) is 13.4. The summed E-state index contributed by atoms with van der Waals surface area (Å²) in [5.41, 5.74) is 7.13. The summed E-state index contributed by atoms with van der Waals surface area (Å²) in [6, 6.07) is 6.25. The summed E-state index contributed by atoms with van der Waals surface area (Å²) in [5, 5.41) is 2.76. The molecule has 0 aromatic heterocycles. The largest absolute Gasteiger partial charge is 0.325 e. The Bertz CT molecular complexity index is 634. The zero-order chi connectivity index (χ0) is 16.3. The highest BCUT2D eigenvalue weighted by atomic mass is 35.5. The molecule has 2 rings (SSSR count). The van der Waals surface area contributed by atoms with Gasteiger partial charge in [0.2, 0.25) is 15.9 Å². The van der Waals surface area contributed by atoms with Crippen molar-refractivity contribution in [3.8, 4) is 0 Å². The summed E-state index contributed by atoms with van der Waals surface area (Å²) < 4.78 is 25.1. The number of nitrogens with zero attached hydrogens (tertiary/aromatic N) is 1. The number of hydrogen-bond donors (Lipinski definition) is 2. The number of sulfonamides is 1. The Balaban J connectivity index is 0.00000264. The van der Waals surface area contributed by atoms with Gasteiger partial charge in [0, 0.05) is 12.2 Å². The van der Waals surface area contributed by atoms with E-state index < -0.39 is 16.1 Å². The summed E-state index contributed by atoms with van der Waals surface area (Å²) >= 11 is 0. The normalized spacial score (nSPS) is 18.8. The lowest BCUT2D eigenvalue weighted by Gasteiger charge is -2.19. The number of nitrogens with two attached hydrogens (primary N) is 1. The van der Waals surface area contributed by atoms with Crippen molar-refractivity contribution in [2.24, 2.45) is 11.7 Å². The van der Waals surface area contributed by atoms with Gasteiger partial charge in [-0.2, -0.15) is 0 Å². The van der Waals surface area contributed by atoms with E-state index >= 15 is 0 Å². The number of halogens is 1. The predicted molar refractivity (Wildman–Crippen MR) is 95.5 cm³/mol. The van der Waals surface area contributed by atoms with E-state index in [4.69, 9.17) is 5.73 Å². The van der Waals surface area contributed by atoms with Crippen molar-refractivity contribution in [1.82, 2.24) is 0 Å². The maximum absolute atomic E-state index is 12.0. The van der Waals surface area contributed by atoms with Crippen molar-refractivity contribution in [1.29, 1.82) is 0 Å². The standard InChI is InChI=1S/C15H23N3O3S.ClH/c1-3-11(2)14(16)15(19)17-12-5-7-13(8-6-12)18-9-4-10-22(18,20)21;/h5-8,11,14H,3-4,9-10,16H2,1-2H3,(H,17,19);1H. The molecule has 0 bridgehead atoms. The fraction of sp³-hybridized carbons (Fsp3) is 0.533. The van der Waals surface area contributed by atoms with Crippen LogP contribution >= 0.6 is 12.4 Å². The Morgan fingerprint density at radius 2 is 1.96 bits per heavy atom. The highest BCUT2D eigenvalue weighted by Crippen LogP contribution is 2.25. The van der Waals surface area contributed by atoms with E-state index in [9.17, 15) is 13.2 Å². The van der Waals surface area contributed by atoms with Gasteiger partial charge in [-0.05, 0) is 36.6 Å². The van der Waals surface area contributed by atoms with E-state index in [0.717, 1.165) is 6.42 Å². The van der Waals surface area contributed by atoms with Crippen molar-refractivity contribution in [2.75, 3.05) is 21.9 Å². The third-order valence-electron chi connectivity index (χ3n) is 4.08. The van der Waals surface area contributed by atoms with Gasteiger partial charge >= 0.3 is 0 Å². The quantitative estimate of drug-likeness (QED) is 0.838. The molecule has 1 amide bonds. The molecular formula is C15H24ClN3O3S. The molecule has 0 spiro atoms. The highest BCUT2D eigenvalue weighted by Gasteiger charge is 2.28. The van der Waals surface area contributed by atoms with Crippen LogP contribution < -0.4 is 15.4 Å². The average Bonchev–Trinajstić information content (AvgIpc) is 2.85. The summed E-state index contributed by atoms with van der Waals surface area (Å²) in [7, 11) is -3.18. The van der Waals surface area contributed by atoms with Gasteiger partial charge in [0.1, 0.15) is 0 Å². The van der Waals surface area contributed by atoms with Crippen LogP contribution in [-0.4, -0.2) is 32.7 Å². The van der Waals surface area contributed by atoms with Gasteiger partial charge in [-0.15, -0.1) is 12.4 Å². The first-order chi connectivity index (χ1) is 10.3. The maximum Gasteiger partial charge on any atom is 0.241 e. The van der Waals surface area contributed by atoms with Crippen LogP contribution in [0.25, 0.3) is 0 Å². The van der Waals surface area contributed by atoms with Crippen LogP contribution in [0.5, 0.6) is 0 Å². The molecule has 1 aromatic carbocycles. The zero-order valence-corrected chi connectivity index (χ0v) is 15.0. The summed E-state index contributed by atoms with van der Waals surface area (Å²) in [6.07, 6.45) is 1.48. The minimum atomic E-state index is -3.18. The smallest absolute Gasteiger partial charge is 0.241 e. The second-order valence-corrected chi connectivity index (χ2v) is 7.70. The van der Waals surface area contributed by atoms with Gasteiger partial charge in [-0.25, -0.2) is 8.42 Å². The van der Waals surface area contributed by atoms with Crippen molar-refractivity contribution in [2.45, 2.75) is 32.7 Å².